The molecule has 10 aromatic rings. The molecule has 5 heteroatoms. The molecule has 0 saturated carbocycles. The summed E-state index contributed by atoms with van der Waals surface area (Å²) in [6.45, 7) is 0. The number of oxazole rings is 1. The van der Waals surface area contributed by atoms with Crippen LogP contribution in [0.2, 0.25) is 0 Å². The molecular weight excluding hydrogens is 637 g/mol. The van der Waals surface area contributed by atoms with E-state index < -0.39 is 0 Å². The SMILES string of the molecule is c1ccc(-c2cc(-c3ccccc3)nc(-c3cccc(-c4ccc(-n5c6ccccc6c6ccc(-c7nc8ccccc8o7)cc65)cc4)c3)n2)cc1. The Kier molecular flexibility index (Phi) is 7.07. The summed E-state index contributed by atoms with van der Waals surface area (Å²) in [6.07, 6.45) is 0. The van der Waals surface area contributed by atoms with Gasteiger partial charge in [-0.25, -0.2) is 15.0 Å². The summed E-state index contributed by atoms with van der Waals surface area (Å²) in [5.74, 6) is 1.31. The van der Waals surface area contributed by atoms with Gasteiger partial charge in [0.2, 0.25) is 5.89 Å². The van der Waals surface area contributed by atoms with Crippen LogP contribution in [0.15, 0.2) is 186 Å². The molecule has 3 aromatic heterocycles. The Bertz CT molecular complexity index is 2800. The fourth-order valence-electron chi connectivity index (χ4n) is 7.11. The Morgan fingerprint density at radius 2 is 1.00 bits per heavy atom. The molecule has 0 bridgehead atoms. The summed E-state index contributed by atoms with van der Waals surface area (Å²) in [4.78, 5) is 14.9. The van der Waals surface area contributed by atoms with Crippen LogP contribution >= 0.6 is 0 Å². The van der Waals surface area contributed by atoms with Crippen molar-refractivity contribution in [1.82, 2.24) is 19.5 Å². The minimum Gasteiger partial charge on any atom is -0.436 e. The average Bonchev–Trinajstić information content (AvgIpc) is 3.81. The second-order valence-electron chi connectivity index (χ2n) is 12.9. The number of benzene rings is 7. The first-order valence-electron chi connectivity index (χ1n) is 17.4. The van der Waals surface area contributed by atoms with Crippen LogP contribution in [0.5, 0.6) is 0 Å². The second-order valence-corrected chi connectivity index (χ2v) is 12.9. The molecule has 0 aliphatic heterocycles. The largest absolute Gasteiger partial charge is 0.436 e. The van der Waals surface area contributed by atoms with Gasteiger partial charge in [0.1, 0.15) is 5.52 Å². The van der Waals surface area contributed by atoms with Crippen molar-refractivity contribution in [1.29, 1.82) is 0 Å². The van der Waals surface area contributed by atoms with Crippen LogP contribution in [0.1, 0.15) is 0 Å². The number of hydrogen-bond donors (Lipinski definition) is 0. The monoisotopic (exact) mass is 666 g/mol. The zero-order valence-corrected chi connectivity index (χ0v) is 28.0. The predicted molar refractivity (Wildman–Crippen MR) is 211 cm³/mol. The maximum atomic E-state index is 6.16. The van der Waals surface area contributed by atoms with Gasteiger partial charge in [0.25, 0.3) is 0 Å². The number of rotatable bonds is 6. The Labute approximate surface area is 300 Å². The first kappa shape index (κ1) is 29.8. The highest BCUT2D eigenvalue weighted by atomic mass is 16.3. The third kappa shape index (κ3) is 5.24. The van der Waals surface area contributed by atoms with Gasteiger partial charge in [-0.15, -0.1) is 0 Å². The van der Waals surface area contributed by atoms with Gasteiger partial charge < -0.3 is 8.98 Å². The lowest BCUT2D eigenvalue weighted by atomic mass is 10.0. The maximum absolute atomic E-state index is 6.16. The smallest absolute Gasteiger partial charge is 0.227 e. The Hall–Kier alpha value is -7.11. The molecular formula is C47H30N4O. The quantitative estimate of drug-likeness (QED) is 0.177. The third-order valence-corrected chi connectivity index (χ3v) is 9.66. The van der Waals surface area contributed by atoms with Crippen LogP contribution in [0.4, 0.5) is 0 Å². The van der Waals surface area contributed by atoms with E-state index >= 15 is 0 Å². The molecule has 0 aliphatic carbocycles. The molecule has 0 unspecified atom stereocenters. The molecule has 0 N–H and O–H groups in total. The normalized spacial score (nSPS) is 11.5. The van der Waals surface area contributed by atoms with Crippen molar-refractivity contribution in [3.8, 4) is 62.2 Å². The van der Waals surface area contributed by atoms with Crippen molar-refractivity contribution in [2.24, 2.45) is 0 Å². The van der Waals surface area contributed by atoms with E-state index in [9.17, 15) is 0 Å². The van der Waals surface area contributed by atoms with E-state index in [1.165, 1.54) is 10.8 Å². The van der Waals surface area contributed by atoms with Crippen LogP contribution in [0.25, 0.3) is 95.1 Å². The van der Waals surface area contributed by atoms with E-state index in [0.717, 1.165) is 72.6 Å². The average molecular weight is 667 g/mol. The summed E-state index contributed by atoms with van der Waals surface area (Å²) < 4.78 is 8.48. The number of nitrogens with zero attached hydrogens (tertiary/aromatic N) is 4. The van der Waals surface area contributed by atoms with Crippen LogP contribution in [-0.4, -0.2) is 19.5 Å². The van der Waals surface area contributed by atoms with Crippen molar-refractivity contribution in [2.45, 2.75) is 0 Å². The van der Waals surface area contributed by atoms with Crippen LogP contribution in [0, 0.1) is 0 Å². The lowest BCUT2D eigenvalue weighted by Gasteiger charge is -2.12. The molecule has 3 heterocycles. The molecule has 0 radical (unpaired) electrons. The zero-order chi connectivity index (χ0) is 34.4. The van der Waals surface area contributed by atoms with Gasteiger partial charge in [-0.1, -0.05) is 127 Å². The molecule has 5 nitrogen and oxygen atoms in total. The first-order chi connectivity index (χ1) is 25.7. The summed E-state index contributed by atoms with van der Waals surface area (Å²) in [5, 5.41) is 2.38. The van der Waals surface area contributed by atoms with Gasteiger partial charge in [-0.05, 0) is 65.7 Å². The minimum absolute atomic E-state index is 0.615. The maximum Gasteiger partial charge on any atom is 0.227 e. The second kappa shape index (κ2) is 12.3. The Morgan fingerprint density at radius 1 is 0.385 bits per heavy atom. The molecule has 0 fully saturated rings. The molecule has 10 rings (SSSR count). The Balaban J connectivity index is 1.04. The number of fused-ring (bicyclic) bond motifs is 4. The van der Waals surface area contributed by atoms with Gasteiger partial charge >= 0.3 is 0 Å². The molecule has 0 atom stereocenters. The highest BCUT2D eigenvalue weighted by Gasteiger charge is 2.16. The van der Waals surface area contributed by atoms with E-state index in [-0.39, 0.29) is 0 Å². The van der Waals surface area contributed by atoms with E-state index in [4.69, 9.17) is 19.4 Å². The van der Waals surface area contributed by atoms with Gasteiger partial charge in [-0.2, -0.15) is 0 Å². The van der Waals surface area contributed by atoms with E-state index in [2.05, 4.69) is 126 Å². The summed E-state index contributed by atoms with van der Waals surface area (Å²) >= 11 is 0. The number of aromatic nitrogens is 4. The van der Waals surface area contributed by atoms with Crippen LogP contribution < -0.4 is 0 Å². The van der Waals surface area contributed by atoms with E-state index in [1.807, 2.05) is 60.7 Å². The summed E-state index contributed by atoms with van der Waals surface area (Å²) in [6, 6.07) is 62.8. The molecule has 0 spiro atoms. The van der Waals surface area contributed by atoms with Crippen molar-refractivity contribution in [3.63, 3.8) is 0 Å². The third-order valence-electron chi connectivity index (χ3n) is 9.66. The lowest BCUT2D eigenvalue weighted by Crippen LogP contribution is -1.96. The van der Waals surface area contributed by atoms with E-state index in [1.54, 1.807) is 0 Å². The van der Waals surface area contributed by atoms with Crippen molar-refractivity contribution in [2.75, 3.05) is 0 Å². The molecule has 7 aromatic carbocycles. The number of hydrogen-bond acceptors (Lipinski definition) is 4. The fourth-order valence-corrected chi connectivity index (χ4v) is 7.11. The van der Waals surface area contributed by atoms with Crippen molar-refractivity contribution < 1.29 is 4.42 Å². The van der Waals surface area contributed by atoms with Crippen molar-refractivity contribution >= 4 is 32.9 Å². The molecule has 0 aliphatic rings. The summed E-state index contributed by atoms with van der Waals surface area (Å²) in [7, 11) is 0. The standard InChI is InChI=1S/C47H30N4O/c1-3-12-32(13-4-1)41-30-42(33-14-5-2-6-15-33)49-46(48-41)35-17-11-16-34(28-35)31-22-25-37(26-23-31)51-43-20-9-7-18-38(43)39-27-24-36(29-44(39)51)47-50-40-19-8-10-21-45(40)52-47/h1-30H. The highest BCUT2D eigenvalue weighted by molar-refractivity contribution is 6.10. The Morgan fingerprint density at radius 3 is 1.75 bits per heavy atom. The topological polar surface area (TPSA) is 56.7 Å². The van der Waals surface area contributed by atoms with Crippen LogP contribution in [-0.2, 0) is 0 Å². The molecule has 0 saturated heterocycles. The minimum atomic E-state index is 0.615. The molecule has 0 amide bonds. The predicted octanol–water partition coefficient (Wildman–Crippen LogP) is 12.0. The first-order valence-corrected chi connectivity index (χ1v) is 17.4. The van der Waals surface area contributed by atoms with Gasteiger partial charge in [0, 0.05) is 38.7 Å². The molecule has 244 valence electrons. The van der Waals surface area contributed by atoms with Gasteiger partial charge in [-0.3, -0.25) is 0 Å². The van der Waals surface area contributed by atoms with Crippen molar-refractivity contribution in [3.05, 3.63) is 182 Å². The fraction of sp³-hybridized carbons (Fsp3) is 0. The molecule has 52 heavy (non-hydrogen) atoms. The van der Waals surface area contributed by atoms with Gasteiger partial charge in [0.15, 0.2) is 11.4 Å². The summed E-state index contributed by atoms with van der Waals surface area (Å²) in [5.41, 5.74) is 13.0. The van der Waals surface area contributed by atoms with E-state index in [0.29, 0.717) is 11.7 Å². The van der Waals surface area contributed by atoms with Gasteiger partial charge in [0.05, 0.1) is 22.4 Å². The highest BCUT2D eigenvalue weighted by Crippen LogP contribution is 2.36. The number of para-hydroxylation sites is 3. The lowest BCUT2D eigenvalue weighted by molar-refractivity contribution is 0.620. The van der Waals surface area contributed by atoms with Crippen LogP contribution in [0.3, 0.4) is 0 Å². The zero-order valence-electron chi connectivity index (χ0n) is 28.0.